The van der Waals surface area contributed by atoms with Crippen LogP contribution in [-0.2, 0) is 10.8 Å². The second-order valence-electron chi connectivity index (χ2n) is 8.06. The number of hydrogen-bond donors (Lipinski definition) is 2. The highest BCUT2D eigenvalue weighted by Crippen LogP contribution is 2.50. The van der Waals surface area contributed by atoms with E-state index in [0.29, 0.717) is 0 Å². The molecule has 0 aromatic heterocycles. The third-order valence-electron chi connectivity index (χ3n) is 6.32. The highest BCUT2D eigenvalue weighted by Gasteiger charge is 2.42. The molecule has 2 fully saturated rings. The Morgan fingerprint density at radius 1 is 0.833 bits per heavy atom. The summed E-state index contributed by atoms with van der Waals surface area (Å²) in [6.45, 7) is 4.33. The summed E-state index contributed by atoms with van der Waals surface area (Å²) in [7, 11) is 0. The Bertz CT molecular complexity index is 677. The number of carbonyl (C=O) groups is 2. The lowest BCUT2D eigenvalue weighted by Crippen LogP contribution is -2.30. The van der Waals surface area contributed by atoms with Gasteiger partial charge in [0.2, 0.25) is 0 Å². The van der Waals surface area contributed by atoms with Crippen LogP contribution >= 0.6 is 0 Å². The van der Waals surface area contributed by atoms with E-state index in [1.165, 1.54) is 6.07 Å². The van der Waals surface area contributed by atoms with E-state index in [0.717, 1.165) is 62.5 Å². The molecular weight excluding hydrogens is 304 g/mol. The molecule has 0 bridgehead atoms. The lowest BCUT2D eigenvalue weighted by atomic mass is 9.68. The number of carboxylic acid groups (broad SMARTS) is 2. The van der Waals surface area contributed by atoms with Crippen LogP contribution in [0, 0.1) is 0 Å². The zero-order valence-corrected chi connectivity index (χ0v) is 14.5. The van der Waals surface area contributed by atoms with Crippen LogP contribution in [0.2, 0.25) is 0 Å². The van der Waals surface area contributed by atoms with Crippen molar-refractivity contribution < 1.29 is 19.8 Å². The van der Waals surface area contributed by atoms with E-state index in [9.17, 15) is 19.8 Å². The maximum Gasteiger partial charge on any atom is 0.336 e. The fourth-order valence-electron chi connectivity index (χ4n) is 4.96. The van der Waals surface area contributed by atoms with Crippen molar-refractivity contribution in [3.05, 3.63) is 34.4 Å². The summed E-state index contributed by atoms with van der Waals surface area (Å²) >= 11 is 0. The van der Waals surface area contributed by atoms with Gasteiger partial charge in [-0.2, -0.15) is 0 Å². The third-order valence-corrected chi connectivity index (χ3v) is 6.32. The SMILES string of the molecule is CC1(c2ccc(C(=O)O)c(C(=O)O)c2C2(C)CCCC2)CCCC1. The first-order valence-electron chi connectivity index (χ1n) is 8.93. The van der Waals surface area contributed by atoms with Crippen LogP contribution in [0.5, 0.6) is 0 Å². The van der Waals surface area contributed by atoms with Gasteiger partial charge in [-0.3, -0.25) is 0 Å². The number of benzene rings is 1. The van der Waals surface area contributed by atoms with Crippen molar-refractivity contribution in [3.8, 4) is 0 Å². The molecular formula is C20H26O4. The van der Waals surface area contributed by atoms with E-state index in [2.05, 4.69) is 13.8 Å². The van der Waals surface area contributed by atoms with E-state index in [1.54, 1.807) is 0 Å². The molecule has 2 aliphatic rings. The minimum absolute atomic E-state index is 0.0255. The molecule has 0 amide bonds. The van der Waals surface area contributed by atoms with Crippen molar-refractivity contribution in [2.24, 2.45) is 0 Å². The summed E-state index contributed by atoms with van der Waals surface area (Å²) in [4.78, 5) is 23.7. The van der Waals surface area contributed by atoms with E-state index >= 15 is 0 Å². The molecule has 3 rings (SSSR count). The first kappa shape index (κ1) is 17.0. The summed E-state index contributed by atoms with van der Waals surface area (Å²) in [5.41, 5.74) is 1.56. The zero-order valence-electron chi connectivity index (χ0n) is 14.5. The van der Waals surface area contributed by atoms with Crippen molar-refractivity contribution >= 4 is 11.9 Å². The second kappa shape index (κ2) is 5.91. The highest BCUT2D eigenvalue weighted by atomic mass is 16.4. The van der Waals surface area contributed by atoms with E-state index in [4.69, 9.17) is 0 Å². The quantitative estimate of drug-likeness (QED) is 0.835. The van der Waals surface area contributed by atoms with Crippen LogP contribution in [-0.4, -0.2) is 22.2 Å². The number of rotatable bonds is 4. The molecule has 130 valence electrons. The van der Waals surface area contributed by atoms with E-state index in [-0.39, 0.29) is 22.0 Å². The van der Waals surface area contributed by atoms with Crippen LogP contribution < -0.4 is 0 Å². The summed E-state index contributed by atoms with van der Waals surface area (Å²) in [6, 6.07) is 3.41. The predicted molar refractivity (Wildman–Crippen MR) is 92.0 cm³/mol. The van der Waals surface area contributed by atoms with Gasteiger partial charge in [-0.1, -0.05) is 45.6 Å². The smallest absolute Gasteiger partial charge is 0.336 e. The molecule has 4 nitrogen and oxygen atoms in total. The van der Waals surface area contributed by atoms with Gasteiger partial charge in [-0.25, -0.2) is 9.59 Å². The Labute approximate surface area is 142 Å². The molecule has 0 unspecified atom stereocenters. The van der Waals surface area contributed by atoms with Crippen molar-refractivity contribution in [3.63, 3.8) is 0 Å². The molecule has 0 spiro atoms. The Balaban J connectivity index is 2.32. The maximum absolute atomic E-state index is 12.1. The molecule has 2 N–H and O–H groups in total. The second-order valence-corrected chi connectivity index (χ2v) is 8.06. The van der Waals surface area contributed by atoms with Crippen LogP contribution in [0.4, 0.5) is 0 Å². The Morgan fingerprint density at radius 2 is 1.33 bits per heavy atom. The summed E-state index contributed by atoms with van der Waals surface area (Å²) in [5.74, 6) is -2.27. The molecule has 24 heavy (non-hydrogen) atoms. The molecule has 2 aliphatic carbocycles. The van der Waals surface area contributed by atoms with Crippen LogP contribution in [0.1, 0.15) is 97.1 Å². The third kappa shape index (κ3) is 2.62. The highest BCUT2D eigenvalue weighted by molar-refractivity contribution is 6.03. The van der Waals surface area contributed by atoms with Gasteiger partial charge in [0.25, 0.3) is 0 Å². The molecule has 0 atom stereocenters. The van der Waals surface area contributed by atoms with Crippen molar-refractivity contribution in [1.29, 1.82) is 0 Å². The topological polar surface area (TPSA) is 74.6 Å². The summed E-state index contributed by atoms with van der Waals surface area (Å²) < 4.78 is 0. The molecule has 4 heteroatoms. The van der Waals surface area contributed by atoms with Crippen LogP contribution in [0.25, 0.3) is 0 Å². The Kier molecular flexibility index (Phi) is 4.18. The number of carboxylic acids is 2. The molecule has 0 heterocycles. The van der Waals surface area contributed by atoms with Gasteiger partial charge in [0.15, 0.2) is 0 Å². The molecule has 1 aromatic carbocycles. The van der Waals surface area contributed by atoms with Crippen LogP contribution in [0.15, 0.2) is 12.1 Å². The van der Waals surface area contributed by atoms with Gasteiger partial charge in [0.05, 0.1) is 11.1 Å². The fraction of sp³-hybridized carbons (Fsp3) is 0.600. The monoisotopic (exact) mass is 330 g/mol. The average molecular weight is 330 g/mol. The molecule has 0 aliphatic heterocycles. The summed E-state index contributed by atoms with van der Waals surface area (Å²) in [6.07, 6.45) is 8.39. The Morgan fingerprint density at radius 3 is 1.79 bits per heavy atom. The molecule has 0 radical (unpaired) electrons. The molecule has 0 saturated heterocycles. The first-order chi connectivity index (χ1) is 11.3. The number of hydrogen-bond acceptors (Lipinski definition) is 2. The first-order valence-corrected chi connectivity index (χ1v) is 8.93. The minimum atomic E-state index is -1.15. The van der Waals surface area contributed by atoms with Crippen molar-refractivity contribution in [1.82, 2.24) is 0 Å². The standard InChI is InChI=1S/C20H26O4/c1-19(9-3-4-10-19)14-8-7-13(17(21)22)15(18(23)24)16(14)20(2)11-5-6-12-20/h7-8H,3-6,9-12H2,1-2H3,(H,21,22)(H,23,24). The maximum atomic E-state index is 12.1. The zero-order chi connectivity index (χ0) is 17.5. The van der Waals surface area contributed by atoms with E-state index < -0.39 is 11.9 Å². The van der Waals surface area contributed by atoms with Crippen molar-refractivity contribution in [2.45, 2.75) is 76.0 Å². The van der Waals surface area contributed by atoms with Gasteiger partial charge in [-0.05, 0) is 53.7 Å². The largest absolute Gasteiger partial charge is 0.478 e. The predicted octanol–water partition coefficient (Wildman–Crippen LogP) is 4.75. The minimum Gasteiger partial charge on any atom is -0.478 e. The van der Waals surface area contributed by atoms with Gasteiger partial charge in [-0.15, -0.1) is 0 Å². The van der Waals surface area contributed by atoms with E-state index in [1.807, 2.05) is 6.07 Å². The molecule has 1 aromatic rings. The number of aromatic carboxylic acids is 2. The average Bonchev–Trinajstić information content (AvgIpc) is 3.16. The summed E-state index contributed by atoms with van der Waals surface area (Å²) in [5, 5.41) is 19.4. The van der Waals surface area contributed by atoms with Crippen molar-refractivity contribution in [2.75, 3.05) is 0 Å². The fourth-order valence-corrected chi connectivity index (χ4v) is 4.96. The lowest BCUT2D eigenvalue weighted by Gasteiger charge is -2.36. The normalized spacial score (nSPS) is 21.8. The van der Waals surface area contributed by atoms with Gasteiger partial charge >= 0.3 is 11.9 Å². The Hall–Kier alpha value is -1.84. The van der Waals surface area contributed by atoms with Gasteiger partial charge < -0.3 is 10.2 Å². The molecule has 2 saturated carbocycles. The van der Waals surface area contributed by atoms with Gasteiger partial charge in [0.1, 0.15) is 0 Å². The van der Waals surface area contributed by atoms with Gasteiger partial charge in [0, 0.05) is 0 Å². The lowest BCUT2D eigenvalue weighted by molar-refractivity contribution is 0.0648. The van der Waals surface area contributed by atoms with Crippen LogP contribution in [0.3, 0.4) is 0 Å².